The van der Waals surface area contributed by atoms with Crippen molar-refractivity contribution in [1.29, 1.82) is 0 Å². The number of nitrogens with two attached hydrogens (primary N) is 1. The van der Waals surface area contributed by atoms with Gasteiger partial charge in [0.2, 0.25) is 0 Å². The summed E-state index contributed by atoms with van der Waals surface area (Å²) in [6, 6.07) is 0. The standard InChI is InChI=1S/C12H22N4/c1-11(2)5-4-6-12(13,8-11)7-10-14-9-15-16(10)3/h9H,4-8,13H2,1-3H3. The van der Waals surface area contributed by atoms with Crippen molar-refractivity contribution in [2.45, 2.75) is 51.5 Å². The molecule has 1 aromatic rings. The molecule has 2 N–H and O–H groups in total. The summed E-state index contributed by atoms with van der Waals surface area (Å²) >= 11 is 0. The van der Waals surface area contributed by atoms with Crippen LogP contribution in [0, 0.1) is 5.41 Å². The van der Waals surface area contributed by atoms with Gasteiger partial charge in [0.25, 0.3) is 0 Å². The molecule has 0 radical (unpaired) electrons. The highest BCUT2D eigenvalue weighted by atomic mass is 15.3. The monoisotopic (exact) mass is 222 g/mol. The summed E-state index contributed by atoms with van der Waals surface area (Å²) in [5.74, 6) is 1.00. The molecule has 0 bridgehead atoms. The second-order valence-corrected chi connectivity index (χ2v) is 6.03. The molecule has 4 heteroatoms. The van der Waals surface area contributed by atoms with Crippen LogP contribution in [0.2, 0.25) is 0 Å². The molecular formula is C12H22N4. The summed E-state index contributed by atoms with van der Waals surface area (Å²) in [5, 5.41) is 4.10. The molecule has 1 saturated carbocycles. The van der Waals surface area contributed by atoms with E-state index >= 15 is 0 Å². The Morgan fingerprint density at radius 1 is 1.44 bits per heavy atom. The van der Waals surface area contributed by atoms with Gasteiger partial charge in [-0.1, -0.05) is 20.3 Å². The van der Waals surface area contributed by atoms with Gasteiger partial charge in [-0.05, 0) is 24.7 Å². The predicted molar refractivity (Wildman–Crippen MR) is 63.9 cm³/mol. The Balaban J connectivity index is 2.11. The van der Waals surface area contributed by atoms with Gasteiger partial charge in [0, 0.05) is 19.0 Å². The van der Waals surface area contributed by atoms with Gasteiger partial charge >= 0.3 is 0 Å². The van der Waals surface area contributed by atoms with Crippen molar-refractivity contribution < 1.29 is 0 Å². The molecular weight excluding hydrogens is 200 g/mol. The van der Waals surface area contributed by atoms with Crippen molar-refractivity contribution in [3.05, 3.63) is 12.2 Å². The van der Waals surface area contributed by atoms with E-state index in [2.05, 4.69) is 23.9 Å². The van der Waals surface area contributed by atoms with Gasteiger partial charge in [0.05, 0.1) is 0 Å². The van der Waals surface area contributed by atoms with Gasteiger partial charge in [0.1, 0.15) is 12.2 Å². The third kappa shape index (κ3) is 2.43. The Labute approximate surface area is 97.2 Å². The van der Waals surface area contributed by atoms with Crippen molar-refractivity contribution in [3.63, 3.8) is 0 Å². The predicted octanol–water partition coefficient (Wildman–Crippen LogP) is 1.66. The maximum atomic E-state index is 6.51. The summed E-state index contributed by atoms with van der Waals surface area (Å²) in [7, 11) is 1.93. The Hall–Kier alpha value is -0.900. The first-order chi connectivity index (χ1) is 7.40. The van der Waals surface area contributed by atoms with Crippen molar-refractivity contribution >= 4 is 0 Å². The zero-order chi connectivity index (χ0) is 11.8. The highest BCUT2D eigenvalue weighted by Crippen LogP contribution is 2.40. The highest BCUT2D eigenvalue weighted by molar-refractivity contribution is 5.01. The summed E-state index contributed by atoms with van der Waals surface area (Å²) in [5.41, 5.74) is 6.79. The third-order valence-electron chi connectivity index (χ3n) is 3.67. The minimum Gasteiger partial charge on any atom is -0.325 e. The van der Waals surface area contributed by atoms with E-state index in [9.17, 15) is 0 Å². The number of aromatic nitrogens is 3. The van der Waals surface area contributed by atoms with Crippen LogP contribution in [0.1, 0.15) is 45.4 Å². The molecule has 0 spiro atoms. The number of aryl methyl sites for hydroxylation is 1. The molecule has 1 aromatic heterocycles. The molecule has 4 nitrogen and oxygen atoms in total. The van der Waals surface area contributed by atoms with Crippen LogP contribution < -0.4 is 5.73 Å². The zero-order valence-electron chi connectivity index (χ0n) is 10.5. The van der Waals surface area contributed by atoms with E-state index in [1.54, 1.807) is 6.33 Å². The first kappa shape index (κ1) is 11.6. The van der Waals surface area contributed by atoms with Crippen LogP contribution >= 0.6 is 0 Å². The highest BCUT2D eigenvalue weighted by Gasteiger charge is 2.37. The lowest BCUT2D eigenvalue weighted by atomic mass is 9.67. The van der Waals surface area contributed by atoms with Crippen LogP contribution in [-0.4, -0.2) is 20.3 Å². The van der Waals surface area contributed by atoms with Gasteiger partial charge in [-0.15, -0.1) is 0 Å². The van der Waals surface area contributed by atoms with Gasteiger partial charge in [0.15, 0.2) is 0 Å². The molecule has 1 atom stereocenters. The summed E-state index contributed by atoms with van der Waals surface area (Å²) in [6.07, 6.45) is 7.13. The van der Waals surface area contributed by atoms with Crippen molar-refractivity contribution in [3.8, 4) is 0 Å². The maximum Gasteiger partial charge on any atom is 0.138 e. The molecule has 0 amide bonds. The molecule has 1 heterocycles. The lowest BCUT2D eigenvalue weighted by Gasteiger charge is -2.42. The molecule has 2 rings (SSSR count). The van der Waals surface area contributed by atoms with Crippen LogP contribution in [-0.2, 0) is 13.5 Å². The van der Waals surface area contributed by atoms with Crippen LogP contribution in [0.15, 0.2) is 6.33 Å². The minimum absolute atomic E-state index is 0.0947. The Kier molecular flexibility index (Phi) is 2.78. The lowest BCUT2D eigenvalue weighted by Crippen LogP contribution is -2.49. The van der Waals surface area contributed by atoms with Crippen LogP contribution in [0.3, 0.4) is 0 Å². The number of hydrogen-bond acceptors (Lipinski definition) is 3. The molecule has 16 heavy (non-hydrogen) atoms. The van der Waals surface area contributed by atoms with Gasteiger partial charge < -0.3 is 5.73 Å². The molecule has 1 aliphatic carbocycles. The minimum atomic E-state index is -0.0947. The summed E-state index contributed by atoms with van der Waals surface area (Å²) < 4.78 is 1.83. The lowest BCUT2D eigenvalue weighted by molar-refractivity contribution is 0.148. The zero-order valence-corrected chi connectivity index (χ0v) is 10.5. The van der Waals surface area contributed by atoms with Crippen LogP contribution in [0.4, 0.5) is 0 Å². The summed E-state index contributed by atoms with van der Waals surface area (Å²) in [6.45, 7) is 4.62. The second kappa shape index (κ2) is 3.84. The largest absolute Gasteiger partial charge is 0.325 e. The molecule has 1 aliphatic rings. The molecule has 0 saturated heterocycles. The normalized spacial score (nSPS) is 29.2. The quantitative estimate of drug-likeness (QED) is 0.828. The van der Waals surface area contributed by atoms with Crippen molar-refractivity contribution in [1.82, 2.24) is 14.8 Å². The topological polar surface area (TPSA) is 56.7 Å². The van der Waals surface area contributed by atoms with E-state index in [0.717, 1.165) is 25.1 Å². The SMILES string of the molecule is Cn1ncnc1CC1(N)CCCC(C)(C)C1. The number of hydrogen-bond donors (Lipinski definition) is 1. The van der Waals surface area contributed by atoms with E-state index in [4.69, 9.17) is 5.73 Å². The van der Waals surface area contributed by atoms with Crippen LogP contribution in [0.5, 0.6) is 0 Å². The molecule has 90 valence electrons. The van der Waals surface area contributed by atoms with Gasteiger partial charge in [-0.25, -0.2) is 4.98 Å². The van der Waals surface area contributed by atoms with E-state index in [-0.39, 0.29) is 5.54 Å². The smallest absolute Gasteiger partial charge is 0.138 e. The van der Waals surface area contributed by atoms with Crippen molar-refractivity contribution in [2.75, 3.05) is 0 Å². The van der Waals surface area contributed by atoms with E-state index < -0.39 is 0 Å². The maximum absolute atomic E-state index is 6.51. The van der Waals surface area contributed by atoms with Crippen LogP contribution in [0.25, 0.3) is 0 Å². The molecule has 0 aliphatic heterocycles. The fourth-order valence-electron chi connectivity index (χ4n) is 2.99. The first-order valence-corrected chi connectivity index (χ1v) is 6.02. The Morgan fingerprint density at radius 2 is 2.19 bits per heavy atom. The first-order valence-electron chi connectivity index (χ1n) is 6.02. The molecule has 0 aromatic carbocycles. The average molecular weight is 222 g/mol. The summed E-state index contributed by atoms with van der Waals surface area (Å²) in [4.78, 5) is 4.27. The van der Waals surface area contributed by atoms with Gasteiger partial charge in [-0.2, -0.15) is 5.10 Å². The van der Waals surface area contributed by atoms with E-state index in [0.29, 0.717) is 5.41 Å². The second-order valence-electron chi connectivity index (χ2n) is 6.03. The Morgan fingerprint density at radius 3 is 2.75 bits per heavy atom. The molecule has 1 fully saturated rings. The average Bonchev–Trinajstić information content (AvgIpc) is 2.48. The van der Waals surface area contributed by atoms with E-state index in [1.807, 2.05) is 11.7 Å². The number of nitrogens with zero attached hydrogens (tertiary/aromatic N) is 3. The fourth-order valence-corrected chi connectivity index (χ4v) is 2.99. The van der Waals surface area contributed by atoms with Gasteiger partial charge in [-0.3, -0.25) is 4.68 Å². The fraction of sp³-hybridized carbons (Fsp3) is 0.833. The Bertz CT molecular complexity index is 369. The molecule has 1 unspecified atom stereocenters. The van der Waals surface area contributed by atoms with Crippen molar-refractivity contribution in [2.24, 2.45) is 18.2 Å². The third-order valence-corrected chi connectivity index (χ3v) is 3.67. The van der Waals surface area contributed by atoms with E-state index in [1.165, 1.54) is 12.8 Å². The number of rotatable bonds is 2.